The van der Waals surface area contributed by atoms with Gasteiger partial charge >= 0.3 is 0 Å². The fraction of sp³-hybridized carbons (Fsp3) is 0.333. The number of hydrogen-bond donors (Lipinski definition) is 1. The Morgan fingerprint density at radius 1 is 0.872 bits per heavy atom. The summed E-state index contributed by atoms with van der Waals surface area (Å²) in [5, 5.41) is 2.92. The minimum atomic E-state index is -3.82. The van der Waals surface area contributed by atoms with Gasteiger partial charge in [0.1, 0.15) is 24.1 Å². The highest BCUT2D eigenvalue weighted by Gasteiger charge is 2.31. The van der Waals surface area contributed by atoms with Crippen LogP contribution in [0.1, 0.15) is 32.8 Å². The van der Waals surface area contributed by atoms with E-state index >= 15 is 0 Å². The molecule has 3 aromatic rings. The van der Waals surface area contributed by atoms with Crippen molar-refractivity contribution in [3.63, 3.8) is 0 Å². The van der Waals surface area contributed by atoms with Gasteiger partial charge in [-0.05, 0) is 54.3 Å². The molecule has 3 aromatic carbocycles. The molecule has 0 aliphatic heterocycles. The van der Waals surface area contributed by atoms with Crippen molar-refractivity contribution in [3.8, 4) is 11.5 Å². The van der Waals surface area contributed by atoms with E-state index in [4.69, 9.17) is 4.74 Å². The monoisotopic (exact) mass is 551 g/mol. The van der Waals surface area contributed by atoms with Crippen LogP contribution in [0.15, 0.2) is 84.9 Å². The Balaban J connectivity index is 1.86. The summed E-state index contributed by atoms with van der Waals surface area (Å²) in [7, 11) is -3.82. The van der Waals surface area contributed by atoms with Crippen molar-refractivity contribution in [1.82, 2.24) is 10.2 Å². The van der Waals surface area contributed by atoms with Crippen LogP contribution in [0, 0.1) is 5.92 Å². The van der Waals surface area contributed by atoms with Crippen LogP contribution in [0.3, 0.4) is 0 Å². The molecule has 208 valence electrons. The Morgan fingerprint density at radius 3 is 1.97 bits per heavy atom. The Hall–Kier alpha value is -3.85. The van der Waals surface area contributed by atoms with Gasteiger partial charge in [-0.15, -0.1) is 0 Å². The first-order chi connectivity index (χ1) is 18.6. The summed E-state index contributed by atoms with van der Waals surface area (Å²) in [5.74, 6) is 0.699. The first kappa shape index (κ1) is 29.7. The van der Waals surface area contributed by atoms with Crippen molar-refractivity contribution in [2.45, 2.75) is 39.8 Å². The molecule has 0 aromatic heterocycles. The Kier molecular flexibility index (Phi) is 10.5. The molecule has 1 N–H and O–H groups in total. The van der Waals surface area contributed by atoms with E-state index in [2.05, 4.69) is 5.32 Å². The Bertz CT molecular complexity index is 1310. The lowest BCUT2D eigenvalue weighted by molar-refractivity contribution is -0.140. The molecule has 0 heterocycles. The highest BCUT2D eigenvalue weighted by molar-refractivity contribution is 7.92. The van der Waals surface area contributed by atoms with E-state index < -0.39 is 28.5 Å². The van der Waals surface area contributed by atoms with Gasteiger partial charge in [0.05, 0.1) is 11.9 Å². The maximum atomic E-state index is 13.7. The zero-order valence-electron chi connectivity index (χ0n) is 22.9. The summed E-state index contributed by atoms with van der Waals surface area (Å²) in [6.45, 7) is 6.04. The molecule has 3 rings (SSSR count). The topological polar surface area (TPSA) is 96.0 Å². The third kappa shape index (κ3) is 8.85. The fourth-order valence-electron chi connectivity index (χ4n) is 4.04. The van der Waals surface area contributed by atoms with E-state index in [-0.39, 0.29) is 18.4 Å². The molecule has 0 radical (unpaired) electrons. The lowest BCUT2D eigenvalue weighted by Gasteiger charge is -2.33. The van der Waals surface area contributed by atoms with Gasteiger partial charge in [0.15, 0.2) is 0 Å². The number of nitrogens with one attached hydrogen (secondary N) is 1. The quantitative estimate of drug-likeness (QED) is 0.329. The third-order valence-electron chi connectivity index (χ3n) is 6.05. The van der Waals surface area contributed by atoms with Crippen molar-refractivity contribution in [2.75, 3.05) is 23.7 Å². The highest BCUT2D eigenvalue weighted by atomic mass is 32.2. The van der Waals surface area contributed by atoms with E-state index in [1.165, 1.54) is 4.90 Å². The molecule has 1 atom stereocenters. The summed E-state index contributed by atoms with van der Waals surface area (Å²) >= 11 is 0. The molecule has 0 saturated heterocycles. The summed E-state index contributed by atoms with van der Waals surface area (Å²) < 4.78 is 32.5. The second kappa shape index (κ2) is 13.8. The van der Waals surface area contributed by atoms with Crippen LogP contribution in [-0.4, -0.2) is 50.5 Å². The zero-order chi connectivity index (χ0) is 28.4. The van der Waals surface area contributed by atoms with Crippen molar-refractivity contribution in [3.05, 3.63) is 90.5 Å². The summed E-state index contributed by atoms with van der Waals surface area (Å²) in [6.07, 6.45) is 1.44. The number of anilines is 1. The van der Waals surface area contributed by atoms with Crippen LogP contribution in [0.2, 0.25) is 0 Å². The number of carbonyl (C=O) groups is 2. The number of hydrogen-bond acceptors (Lipinski definition) is 5. The van der Waals surface area contributed by atoms with Crippen molar-refractivity contribution < 1.29 is 22.7 Å². The molecule has 0 aliphatic rings. The van der Waals surface area contributed by atoms with Crippen LogP contribution < -0.4 is 14.4 Å². The smallest absolute Gasteiger partial charge is 0.244 e. The number of amides is 2. The second-order valence-corrected chi connectivity index (χ2v) is 11.7. The number of carbonyl (C=O) groups excluding carboxylic acids is 2. The number of benzene rings is 3. The van der Waals surface area contributed by atoms with Crippen LogP contribution in [0.5, 0.6) is 11.5 Å². The molecule has 39 heavy (non-hydrogen) atoms. The molecule has 8 nitrogen and oxygen atoms in total. The molecule has 0 bridgehead atoms. The average Bonchev–Trinajstić information content (AvgIpc) is 2.91. The third-order valence-corrected chi connectivity index (χ3v) is 7.19. The van der Waals surface area contributed by atoms with E-state index in [1.807, 2.05) is 81.4 Å². The summed E-state index contributed by atoms with van der Waals surface area (Å²) in [5.41, 5.74) is 1.16. The van der Waals surface area contributed by atoms with Gasteiger partial charge in [0.25, 0.3) is 0 Å². The molecular weight excluding hydrogens is 514 g/mol. The predicted octanol–water partition coefficient (Wildman–Crippen LogP) is 4.82. The molecule has 1 unspecified atom stereocenters. The van der Waals surface area contributed by atoms with E-state index in [0.717, 1.165) is 16.1 Å². The standard InChI is InChI=1S/C30H37N3O5S/c1-5-28(30(35)31-20-23(2)3)32(21-24-12-8-6-9-13-24)29(34)22-33(39(4,36)37)25-16-18-27(19-17-25)38-26-14-10-7-11-15-26/h6-19,23,28H,5,20-22H2,1-4H3,(H,31,35). The molecule has 9 heteroatoms. The van der Waals surface area contributed by atoms with E-state index in [1.54, 1.807) is 24.3 Å². The predicted molar refractivity (Wildman–Crippen MR) is 154 cm³/mol. The maximum Gasteiger partial charge on any atom is 0.244 e. The number of ether oxygens (including phenoxy) is 1. The Morgan fingerprint density at radius 2 is 1.44 bits per heavy atom. The van der Waals surface area contributed by atoms with Gasteiger partial charge in [-0.25, -0.2) is 8.42 Å². The minimum Gasteiger partial charge on any atom is -0.457 e. The first-order valence-corrected chi connectivity index (χ1v) is 14.8. The van der Waals surface area contributed by atoms with Gasteiger partial charge < -0.3 is 15.0 Å². The van der Waals surface area contributed by atoms with Crippen LogP contribution in [-0.2, 0) is 26.2 Å². The minimum absolute atomic E-state index is 0.175. The first-order valence-electron chi connectivity index (χ1n) is 13.0. The molecule has 0 aliphatic carbocycles. The number of nitrogens with zero attached hydrogens (tertiary/aromatic N) is 2. The van der Waals surface area contributed by atoms with Gasteiger partial charge in [-0.3, -0.25) is 13.9 Å². The molecule has 0 spiro atoms. The van der Waals surface area contributed by atoms with Gasteiger partial charge in [0, 0.05) is 13.1 Å². The number of rotatable bonds is 13. The van der Waals surface area contributed by atoms with Crippen LogP contribution in [0.4, 0.5) is 5.69 Å². The van der Waals surface area contributed by atoms with E-state index in [9.17, 15) is 18.0 Å². The lowest BCUT2D eigenvalue weighted by Crippen LogP contribution is -2.52. The van der Waals surface area contributed by atoms with Gasteiger partial charge in [-0.2, -0.15) is 0 Å². The largest absolute Gasteiger partial charge is 0.457 e. The second-order valence-electron chi connectivity index (χ2n) is 9.75. The normalized spacial score (nSPS) is 12.0. The Labute approximate surface area is 231 Å². The molecule has 2 amide bonds. The van der Waals surface area contributed by atoms with Crippen LogP contribution in [0.25, 0.3) is 0 Å². The van der Waals surface area contributed by atoms with Crippen molar-refractivity contribution in [1.29, 1.82) is 0 Å². The van der Waals surface area contributed by atoms with Gasteiger partial charge in [0.2, 0.25) is 21.8 Å². The zero-order valence-corrected chi connectivity index (χ0v) is 23.7. The number of sulfonamides is 1. The molecule has 0 fully saturated rings. The van der Waals surface area contributed by atoms with E-state index in [0.29, 0.717) is 30.2 Å². The number of para-hydroxylation sites is 1. The molecular formula is C30H37N3O5S. The van der Waals surface area contributed by atoms with Crippen molar-refractivity contribution in [2.24, 2.45) is 5.92 Å². The summed E-state index contributed by atoms with van der Waals surface area (Å²) in [6, 6.07) is 24.3. The fourth-order valence-corrected chi connectivity index (χ4v) is 4.89. The van der Waals surface area contributed by atoms with Crippen LogP contribution >= 0.6 is 0 Å². The van der Waals surface area contributed by atoms with Gasteiger partial charge in [-0.1, -0.05) is 69.3 Å². The maximum absolute atomic E-state index is 13.7. The van der Waals surface area contributed by atoms with Crippen molar-refractivity contribution >= 4 is 27.5 Å². The molecule has 0 saturated carbocycles. The highest BCUT2D eigenvalue weighted by Crippen LogP contribution is 2.26. The average molecular weight is 552 g/mol. The SMILES string of the molecule is CCC(C(=O)NCC(C)C)N(Cc1ccccc1)C(=O)CN(c1ccc(Oc2ccccc2)cc1)S(C)(=O)=O. The summed E-state index contributed by atoms with van der Waals surface area (Å²) in [4.78, 5) is 28.3. The lowest BCUT2D eigenvalue weighted by atomic mass is 10.1.